The molecule has 1 aliphatic rings. The predicted molar refractivity (Wildman–Crippen MR) is 139 cm³/mol. The molecule has 0 aromatic heterocycles. The van der Waals surface area contributed by atoms with Crippen molar-refractivity contribution in [3.8, 4) is 17.6 Å². The van der Waals surface area contributed by atoms with Crippen LogP contribution in [0.1, 0.15) is 33.3 Å². The van der Waals surface area contributed by atoms with Crippen molar-refractivity contribution in [3.05, 3.63) is 48.0 Å². The second kappa shape index (κ2) is 12.3. The minimum Gasteiger partial charge on any atom is -0.493 e. The van der Waals surface area contributed by atoms with E-state index in [2.05, 4.69) is 48.9 Å². The van der Waals surface area contributed by atoms with Gasteiger partial charge in [-0.1, -0.05) is 12.1 Å². The Balaban J connectivity index is 1.58. The second-order valence-corrected chi connectivity index (χ2v) is 9.17. The van der Waals surface area contributed by atoms with Gasteiger partial charge in [0.1, 0.15) is 12.7 Å². The summed E-state index contributed by atoms with van der Waals surface area (Å²) >= 11 is 0. The number of urea groups is 1. The van der Waals surface area contributed by atoms with Crippen LogP contribution in [0.15, 0.2) is 42.5 Å². The number of benzene rings is 2. The van der Waals surface area contributed by atoms with E-state index in [-0.39, 0.29) is 6.03 Å². The number of piperazine rings is 1. The minimum absolute atomic E-state index is 0.153. The molecule has 1 saturated heterocycles. The first kappa shape index (κ1) is 26.2. The van der Waals surface area contributed by atoms with Crippen LogP contribution >= 0.6 is 0 Å². The largest absolute Gasteiger partial charge is 0.493 e. The first-order valence-electron chi connectivity index (χ1n) is 12.2. The van der Waals surface area contributed by atoms with E-state index in [1.54, 1.807) is 12.0 Å². The van der Waals surface area contributed by atoms with Crippen molar-refractivity contribution in [1.82, 2.24) is 9.80 Å². The van der Waals surface area contributed by atoms with Gasteiger partial charge in [0.15, 0.2) is 11.5 Å². The number of carbonyl (C=O) groups excluding carboxylic acids is 1. The summed E-state index contributed by atoms with van der Waals surface area (Å²) in [5, 5.41) is 12.4. The lowest BCUT2D eigenvalue weighted by Crippen LogP contribution is -2.50. The minimum atomic E-state index is -0.153. The van der Waals surface area contributed by atoms with Crippen LogP contribution in [-0.2, 0) is 0 Å². The maximum atomic E-state index is 12.9. The van der Waals surface area contributed by atoms with E-state index in [1.165, 1.54) is 0 Å². The molecule has 2 aromatic rings. The van der Waals surface area contributed by atoms with Crippen LogP contribution in [0.3, 0.4) is 0 Å². The molecule has 0 unspecified atom stereocenters. The number of anilines is 2. The van der Waals surface area contributed by atoms with E-state index in [0.29, 0.717) is 67.6 Å². The lowest BCUT2D eigenvalue weighted by Gasteiger charge is -2.36. The monoisotopic (exact) mass is 479 g/mol. The topological polar surface area (TPSA) is 81.1 Å². The zero-order chi connectivity index (χ0) is 25.4. The summed E-state index contributed by atoms with van der Waals surface area (Å²) in [7, 11) is 1.61. The molecule has 188 valence electrons. The van der Waals surface area contributed by atoms with E-state index in [0.717, 1.165) is 12.2 Å². The number of nitrogens with zero attached hydrogens (tertiary/aromatic N) is 4. The van der Waals surface area contributed by atoms with Crippen LogP contribution in [-0.4, -0.2) is 74.4 Å². The molecular formula is C27H37N5O3. The van der Waals surface area contributed by atoms with Gasteiger partial charge in [-0.05, 0) is 52.0 Å². The SMILES string of the molecule is COc1ccc(NC(=O)N2CCN(c3ccccc3C#N)CC2)cc1OCCN(C(C)C)C(C)C. The van der Waals surface area contributed by atoms with Gasteiger partial charge in [-0.2, -0.15) is 5.26 Å². The third-order valence-electron chi connectivity index (χ3n) is 6.28. The van der Waals surface area contributed by atoms with Gasteiger partial charge >= 0.3 is 6.03 Å². The Labute approximate surface area is 209 Å². The Morgan fingerprint density at radius 3 is 2.37 bits per heavy atom. The van der Waals surface area contributed by atoms with Crippen LogP contribution in [0.5, 0.6) is 11.5 Å². The maximum Gasteiger partial charge on any atom is 0.321 e. The van der Waals surface area contributed by atoms with Gasteiger partial charge in [0.05, 0.1) is 18.4 Å². The summed E-state index contributed by atoms with van der Waals surface area (Å²) in [4.78, 5) is 19.2. The van der Waals surface area contributed by atoms with Gasteiger partial charge in [0.25, 0.3) is 0 Å². The Morgan fingerprint density at radius 2 is 1.74 bits per heavy atom. The molecule has 3 rings (SSSR count). The average Bonchev–Trinajstić information content (AvgIpc) is 2.86. The van der Waals surface area contributed by atoms with Crippen LogP contribution in [0.25, 0.3) is 0 Å². The van der Waals surface area contributed by atoms with Crippen LogP contribution < -0.4 is 19.7 Å². The van der Waals surface area contributed by atoms with Gasteiger partial charge in [-0.15, -0.1) is 0 Å². The van der Waals surface area contributed by atoms with Crippen molar-refractivity contribution in [2.24, 2.45) is 0 Å². The van der Waals surface area contributed by atoms with E-state index >= 15 is 0 Å². The standard InChI is InChI=1S/C27H37N5O3/c1-20(2)32(21(3)4)16-17-35-26-18-23(10-11-25(26)34-5)29-27(33)31-14-12-30(13-15-31)24-9-7-6-8-22(24)19-28/h6-11,18,20-21H,12-17H2,1-5H3,(H,29,33). The Bertz CT molecular complexity index is 1020. The highest BCUT2D eigenvalue weighted by Gasteiger charge is 2.23. The van der Waals surface area contributed by atoms with Crippen molar-refractivity contribution in [1.29, 1.82) is 5.26 Å². The van der Waals surface area contributed by atoms with Gasteiger partial charge < -0.3 is 24.6 Å². The molecule has 1 fully saturated rings. The lowest BCUT2D eigenvalue weighted by atomic mass is 10.1. The molecule has 0 radical (unpaired) electrons. The van der Waals surface area contributed by atoms with Crippen LogP contribution in [0.4, 0.5) is 16.2 Å². The summed E-state index contributed by atoms with van der Waals surface area (Å²) in [5.74, 6) is 1.24. The quantitative estimate of drug-likeness (QED) is 0.574. The van der Waals surface area contributed by atoms with Crippen molar-refractivity contribution >= 4 is 17.4 Å². The van der Waals surface area contributed by atoms with E-state index < -0.39 is 0 Å². The number of ether oxygens (including phenoxy) is 2. The van der Waals surface area contributed by atoms with Crippen molar-refractivity contribution in [2.75, 3.05) is 56.7 Å². The zero-order valence-corrected chi connectivity index (χ0v) is 21.5. The van der Waals surface area contributed by atoms with Gasteiger partial charge in [0.2, 0.25) is 0 Å². The van der Waals surface area contributed by atoms with Crippen molar-refractivity contribution in [3.63, 3.8) is 0 Å². The Kier molecular flexibility index (Phi) is 9.21. The highest BCUT2D eigenvalue weighted by molar-refractivity contribution is 5.90. The Hall–Kier alpha value is -3.44. The summed E-state index contributed by atoms with van der Waals surface area (Å²) in [6.45, 7) is 12.5. The molecule has 0 aliphatic carbocycles. The van der Waals surface area contributed by atoms with Gasteiger partial charge in [-0.25, -0.2) is 4.79 Å². The van der Waals surface area contributed by atoms with Gasteiger partial charge in [-0.3, -0.25) is 4.90 Å². The fourth-order valence-corrected chi connectivity index (χ4v) is 4.44. The molecule has 8 heteroatoms. The first-order valence-corrected chi connectivity index (χ1v) is 12.2. The number of hydrogen-bond acceptors (Lipinski definition) is 6. The highest BCUT2D eigenvalue weighted by Crippen LogP contribution is 2.30. The van der Waals surface area contributed by atoms with E-state index in [4.69, 9.17) is 9.47 Å². The lowest BCUT2D eigenvalue weighted by molar-refractivity contribution is 0.140. The number of para-hydroxylation sites is 1. The average molecular weight is 480 g/mol. The summed E-state index contributed by atoms with van der Waals surface area (Å²) in [5.41, 5.74) is 2.23. The zero-order valence-electron chi connectivity index (χ0n) is 21.5. The number of nitrogens with one attached hydrogen (secondary N) is 1. The summed E-state index contributed by atoms with van der Waals surface area (Å²) in [6.07, 6.45) is 0. The van der Waals surface area contributed by atoms with Crippen LogP contribution in [0, 0.1) is 11.3 Å². The Morgan fingerprint density at radius 1 is 1.06 bits per heavy atom. The molecule has 2 aromatic carbocycles. The molecule has 2 amide bonds. The number of rotatable bonds is 9. The third-order valence-corrected chi connectivity index (χ3v) is 6.28. The number of amides is 2. The molecule has 1 heterocycles. The predicted octanol–water partition coefficient (Wildman–Crippen LogP) is 4.42. The molecule has 8 nitrogen and oxygen atoms in total. The van der Waals surface area contributed by atoms with E-state index in [9.17, 15) is 10.1 Å². The fraction of sp³-hybridized carbons (Fsp3) is 0.481. The fourth-order valence-electron chi connectivity index (χ4n) is 4.44. The third kappa shape index (κ3) is 6.80. The molecule has 0 bridgehead atoms. The van der Waals surface area contributed by atoms with Crippen molar-refractivity contribution in [2.45, 2.75) is 39.8 Å². The smallest absolute Gasteiger partial charge is 0.321 e. The van der Waals surface area contributed by atoms with Gasteiger partial charge in [0, 0.05) is 56.6 Å². The highest BCUT2D eigenvalue weighted by atomic mass is 16.5. The number of carbonyl (C=O) groups is 1. The molecule has 0 atom stereocenters. The summed E-state index contributed by atoms with van der Waals surface area (Å²) < 4.78 is 11.5. The number of methoxy groups -OCH3 is 1. The molecule has 0 spiro atoms. The molecule has 1 N–H and O–H groups in total. The van der Waals surface area contributed by atoms with Crippen LogP contribution in [0.2, 0.25) is 0 Å². The summed E-state index contributed by atoms with van der Waals surface area (Å²) in [6, 6.07) is 16.0. The maximum absolute atomic E-state index is 12.9. The molecule has 35 heavy (non-hydrogen) atoms. The molecule has 0 saturated carbocycles. The number of hydrogen-bond donors (Lipinski definition) is 1. The number of nitriles is 1. The first-order chi connectivity index (χ1) is 16.8. The van der Waals surface area contributed by atoms with Crippen molar-refractivity contribution < 1.29 is 14.3 Å². The van der Waals surface area contributed by atoms with E-state index in [1.807, 2.05) is 42.5 Å². The normalized spacial score (nSPS) is 13.8. The molecular weight excluding hydrogens is 442 g/mol. The second-order valence-electron chi connectivity index (χ2n) is 9.17. The molecule has 1 aliphatic heterocycles.